The minimum atomic E-state index is -0.430. The lowest BCUT2D eigenvalue weighted by molar-refractivity contribution is 0.0522. The quantitative estimate of drug-likeness (QED) is 0.860. The van der Waals surface area contributed by atoms with E-state index in [0.29, 0.717) is 16.9 Å². The smallest absolute Gasteiger partial charge is 0.343 e. The molecule has 2 aromatic heterocycles. The van der Waals surface area contributed by atoms with Crippen molar-refractivity contribution in [1.82, 2.24) is 0 Å². The normalized spacial score (nSPS) is 16.5. The Morgan fingerprint density at radius 1 is 1.57 bits per heavy atom. The molecule has 5 nitrogen and oxygen atoms in total. The molecular formula is C16H14N2O3S2. The van der Waals surface area contributed by atoms with Gasteiger partial charge in [0.2, 0.25) is 5.88 Å². The van der Waals surface area contributed by atoms with Crippen LogP contribution in [-0.4, -0.2) is 12.6 Å². The molecule has 1 aliphatic heterocycles. The highest BCUT2D eigenvalue weighted by Gasteiger charge is 2.37. The largest absolute Gasteiger partial charge is 0.462 e. The van der Waals surface area contributed by atoms with Gasteiger partial charge in [-0.3, -0.25) is 0 Å². The van der Waals surface area contributed by atoms with Gasteiger partial charge in [-0.1, -0.05) is 6.07 Å². The molecule has 3 heterocycles. The topological polar surface area (TPSA) is 85.3 Å². The summed E-state index contributed by atoms with van der Waals surface area (Å²) in [6.45, 7) is 3.88. The van der Waals surface area contributed by atoms with Crippen LogP contribution in [-0.2, 0) is 4.74 Å². The fourth-order valence-electron chi connectivity index (χ4n) is 2.56. The average Bonchev–Trinajstić information content (AvgIpc) is 3.13. The summed E-state index contributed by atoms with van der Waals surface area (Å²) in [5, 5.41) is 11.4. The number of esters is 1. The lowest BCUT2D eigenvalue weighted by Crippen LogP contribution is -2.20. The molecule has 0 bridgehead atoms. The number of nitriles is 1. The molecule has 3 rings (SSSR count). The lowest BCUT2D eigenvalue weighted by Gasteiger charge is -2.23. The molecule has 0 aromatic carbocycles. The van der Waals surface area contributed by atoms with Gasteiger partial charge in [-0.05, 0) is 25.3 Å². The van der Waals surface area contributed by atoms with Crippen molar-refractivity contribution < 1.29 is 14.3 Å². The second-order valence-corrected chi connectivity index (χ2v) is 7.12. The van der Waals surface area contributed by atoms with Crippen LogP contribution in [0.5, 0.6) is 5.75 Å². The molecule has 1 aliphatic rings. The fraction of sp³-hybridized carbons (Fsp3) is 0.250. The number of nitrogens with zero attached hydrogens (tertiary/aromatic N) is 1. The van der Waals surface area contributed by atoms with Crippen LogP contribution in [0, 0.1) is 18.3 Å². The molecule has 0 amide bonds. The number of hydrogen-bond acceptors (Lipinski definition) is 7. The van der Waals surface area contributed by atoms with Gasteiger partial charge in [0.25, 0.3) is 0 Å². The van der Waals surface area contributed by atoms with Crippen LogP contribution in [0.4, 0.5) is 0 Å². The number of carbonyl (C=O) groups is 1. The molecule has 0 unspecified atom stereocenters. The molecular weight excluding hydrogens is 332 g/mol. The maximum absolute atomic E-state index is 12.2. The van der Waals surface area contributed by atoms with Crippen molar-refractivity contribution in [3.05, 3.63) is 49.2 Å². The van der Waals surface area contributed by atoms with E-state index >= 15 is 0 Å². The Morgan fingerprint density at radius 3 is 2.96 bits per heavy atom. The molecule has 2 N–H and O–H groups in total. The fourth-order valence-corrected chi connectivity index (χ4v) is 4.69. The summed E-state index contributed by atoms with van der Waals surface area (Å²) in [5.74, 6) is -0.265. The first-order valence-corrected chi connectivity index (χ1v) is 8.69. The number of rotatable bonds is 3. The SMILES string of the molecule is CCOC(=O)c1c(C)sc2c1OC(N)=C(C#N)[C@@H]2c1cccs1. The van der Waals surface area contributed by atoms with Gasteiger partial charge in [0, 0.05) is 9.75 Å². The Kier molecular flexibility index (Phi) is 4.11. The van der Waals surface area contributed by atoms with Gasteiger partial charge >= 0.3 is 5.97 Å². The Bertz CT molecular complexity index is 828. The standard InChI is InChI=1S/C16H14N2O3S2/c1-3-20-16(19)11-8(2)23-14-12(10-5-4-6-22-10)9(7-17)15(18)21-13(11)14/h4-6,12H,3,18H2,1-2H3/t12-/m1/s1. The highest BCUT2D eigenvalue weighted by Crippen LogP contribution is 2.50. The third kappa shape index (κ3) is 2.50. The van der Waals surface area contributed by atoms with Crippen LogP contribution in [0.15, 0.2) is 29.0 Å². The van der Waals surface area contributed by atoms with Gasteiger partial charge in [-0.15, -0.1) is 22.7 Å². The van der Waals surface area contributed by atoms with E-state index in [1.807, 2.05) is 24.4 Å². The van der Waals surface area contributed by atoms with E-state index in [0.717, 1.165) is 14.6 Å². The van der Waals surface area contributed by atoms with Crippen molar-refractivity contribution >= 4 is 28.6 Å². The molecule has 118 valence electrons. The summed E-state index contributed by atoms with van der Waals surface area (Å²) in [4.78, 5) is 14.8. The van der Waals surface area contributed by atoms with Crippen LogP contribution in [0.2, 0.25) is 0 Å². The Morgan fingerprint density at radius 2 is 2.35 bits per heavy atom. The molecule has 23 heavy (non-hydrogen) atoms. The zero-order valence-electron chi connectivity index (χ0n) is 12.6. The van der Waals surface area contributed by atoms with Gasteiger partial charge < -0.3 is 15.2 Å². The van der Waals surface area contributed by atoms with Crippen molar-refractivity contribution in [2.75, 3.05) is 6.61 Å². The number of nitrogens with two attached hydrogens (primary N) is 1. The molecule has 0 spiro atoms. The molecule has 0 aliphatic carbocycles. The first-order valence-electron chi connectivity index (χ1n) is 6.99. The minimum absolute atomic E-state index is 0.0433. The molecule has 0 saturated carbocycles. The molecule has 0 fully saturated rings. The number of fused-ring (bicyclic) bond motifs is 1. The summed E-state index contributed by atoms with van der Waals surface area (Å²) in [6.07, 6.45) is 0. The van der Waals surface area contributed by atoms with Crippen molar-refractivity contribution in [3.8, 4) is 11.8 Å². The Labute approximate surface area is 141 Å². The molecule has 1 atom stereocenters. The summed E-state index contributed by atoms with van der Waals surface area (Å²) < 4.78 is 10.7. The second kappa shape index (κ2) is 6.07. The number of allylic oxidation sites excluding steroid dienone is 1. The van der Waals surface area contributed by atoms with Gasteiger partial charge in [0.05, 0.1) is 17.4 Å². The molecule has 7 heteroatoms. The maximum atomic E-state index is 12.2. The molecule has 0 saturated heterocycles. The van der Waals surface area contributed by atoms with Gasteiger partial charge in [0.1, 0.15) is 17.2 Å². The zero-order chi connectivity index (χ0) is 16.6. The van der Waals surface area contributed by atoms with Gasteiger partial charge in [-0.2, -0.15) is 5.26 Å². The van der Waals surface area contributed by atoms with Crippen LogP contribution >= 0.6 is 22.7 Å². The number of ether oxygens (including phenoxy) is 2. The Hall–Kier alpha value is -2.30. The Balaban J connectivity index is 2.19. The van der Waals surface area contributed by atoms with Crippen LogP contribution in [0.1, 0.15) is 37.8 Å². The van der Waals surface area contributed by atoms with E-state index in [9.17, 15) is 10.1 Å². The van der Waals surface area contributed by atoms with E-state index in [-0.39, 0.29) is 18.4 Å². The average molecular weight is 346 g/mol. The minimum Gasteiger partial charge on any atom is -0.462 e. The second-order valence-electron chi connectivity index (χ2n) is 4.89. The first-order chi connectivity index (χ1) is 11.1. The number of carbonyl (C=O) groups excluding carboxylic acids is 1. The highest BCUT2D eigenvalue weighted by molar-refractivity contribution is 7.13. The zero-order valence-corrected chi connectivity index (χ0v) is 14.2. The van der Waals surface area contributed by atoms with Crippen molar-refractivity contribution in [2.45, 2.75) is 19.8 Å². The van der Waals surface area contributed by atoms with Gasteiger partial charge in [-0.25, -0.2) is 4.79 Å². The number of aryl methyl sites for hydroxylation is 1. The van der Waals surface area contributed by atoms with Crippen molar-refractivity contribution in [1.29, 1.82) is 5.26 Å². The van der Waals surface area contributed by atoms with E-state index < -0.39 is 5.97 Å². The summed E-state index contributed by atoms with van der Waals surface area (Å²) in [7, 11) is 0. The predicted molar refractivity (Wildman–Crippen MR) is 88.6 cm³/mol. The third-order valence-electron chi connectivity index (χ3n) is 3.52. The molecule has 2 aromatic rings. The first kappa shape index (κ1) is 15.6. The maximum Gasteiger partial charge on any atom is 0.343 e. The lowest BCUT2D eigenvalue weighted by atomic mass is 9.93. The van der Waals surface area contributed by atoms with Crippen LogP contribution in [0.3, 0.4) is 0 Å². The van der Waals surface area contributed by atoms with E-state index in [1.165, 1.54) is 11.3 Å². The monoisotopic (exact) mass is 346 g/mol. The van der Waals surface area contributed by atoms with Crippen LogP contribution in [0.25, 0.3) is 0 Å². The number of thiophene rings is 2. The third-order valence-corrected chi connectivity index (χ3v) is 5.61. The predicted octanol–water partition coefficient (Wildman–Crippen LogP) is 3.51. The van der Waals surface area contributed by atoms with Gasteiger partial charge in [0.15, 0.2) is 5.75 Å². The summed E-state index contributed by atoms with van der Waals surface area (Å²) in [6, 6.07) is 6.02. The van der Waals surface area contributed by atoms with E-state index in [1.54, 1.807) is 18.3 Å². The van der Waals surface area contributed by atoms with E-state index in [4.69, 9.17) is 15.2 Å². The van der Waals surface area contributed by atoms with Crippen molar-refractivity contribution in [2.24, 2.45) is 5.73 Å². The summed E-state index contributed by atoms with van der Waals surface area (Å²) >= 11 is 2.98. The highest BCUT2D eigenvalue weighted by atomic mass is 32.1. The van der Waals surface area contributed by atoms with E-state index in [2.05, 4.69) is 6.07 Å². The molecule has 0 radical (unpaired) electrons. The van der Waals surface area contributed by atoms with Crippen LogP contribution < -0.4 is 10.5 Å². The number of hydrogen-bond donors (Lipinski definition) is 1. The van der Waals surface area contributed by atoms with Crippen molar-refractivity contribution in [3.63, 3.8) is 0 Å². The summed E-state index contributed by atoms with van der Waals surface area (Å²) in [5.41, 5.74) is 6.71.